The van der Waals surface area contributed by atoms with Gasteiger partial charge in [0.05, 0.1) is 6.61 Å². The molecule has 3 rings (SSSR count). The van der Waals surface area contributed by atoms with Crippen LogP contribution >= 0.6 is 0 Å². The fraction of sp³-hybridized carbons (Fsp3) is 0.588. The number of hydrogen-bond donors (Lipinski definition) is 2. The zero-order valence-electron chi connectivity index (χ0n) is 14.9. The SMILES string of the molecule is Cc1nc2ncnn2c(C)c1CCC(=O)NC(C(=O)O)C1CCCOC1. The number of fused-ring (bicyclic) bond motifs is 1. The Balaban J connectivity index is 1.65. The van der Waals surface area contributed by atoms with Crippen LogP contribution in [0.3, 0.4) is 0 Å². The molecule has 9 nitrogen and oxygen atoms in total. The Kier molecular flexibility index (Phi) is 5.46. The summed E-state index contributed by atoms with van der Waals surface area (Å²) in [5.41, 5.74) is 2.60. The molecule has 2 aromatic rings. The number of aryl methyl sites for hydroxylation is 2. The van der Waals surface area contributed by atoms with E-state index in [0.717, 1.165) is 29.8 Å². The second-order valence-electron chi connectivity index (χ2n) is 6.59. The summed E-state index contributed by atoms with van der Waals surface area (Å²) >= 11 is 0. The van der Waals surface area contributed by atoms with E-state index >= 15 is 0 Å². The lowest BCUT2D eigenvalue weighted by Gasteiger charge is -2.28. The van der Waals surface area contributed by atoms with Crippen molar-refractivity contribution in [1.82, 2.24) is 24.9 Å². The first-order chi connectivity index (χ1) is 12.5. The second-order valence-corrected chi connectivity index (χ2v) is 6.59. The Bertz CT molecular complexity index is 813. The van der Waals surface area contributed by atoms with Crippen molar-refractivity contribution in [2.45, 2.75) is 45.6 Å². The minimum atomic E-state index is -1.02. The largest absolute Gasteiger partial charge is 0.480 e. The third kappa shape index (κ3) is 3.82. The number of hydrogen-bond acceptors (Lipinski definition) is 6. The quantitative estimate of drug-likeness (QED) is 0.776. The molecule has 140 valence electrons. The van der Waals surface area contributed by atoms with Crippen LogP contribution in [0, 0.1) is 19.8 Å². The van der Waals surface area contributed by atoms with E-state index in [1.807, 2.05) is 13.8 Å². The van der Waals surface area contributed by atoms with Gasteiger partial charge in [-0.05, 0) is 38.7 Å². The van der Waals surface area contributed by atoms with Crippen molar-refractivity contribution in [3.63, 3.8) is 0 Å². The number of carbonyl (C=O) groups is 2. The highest BCUT2D eigenvalue weighted by Gasteiger charge is 2.31. The van der Waals surface area contributed by atoms with E-state index in [1.165, 1.54) is 6.33 Å². The van der Waals surface area contributed by atoms with Gasteiger partial charge >= 0.3 is 5.97 Å². The molecule has 2 unspecified atom stereocenters. The number of nitrogens with one attached hydrogen (secondary N) is 1. The highest BCUT2D eigenvalue weighted by atomic mass is 16.5. The van der Waals surface area contributed by atoms with E-state index in [1.54, 1.807) is 4.52 Å². The molecule has 2 N–H and O–H groups in total. The average molecular weight is 361 g/mol. The number of carbonyl (C=O) groups excluding carboxylic acids is 1. The molecular formula is C17H23N5O4. The minimum absolute atomic E-state index is 0.181. The molecule has 0 spiro atoms. The molecule has 2 aromatic heterocycles. The first-order valence-corrected chi connectivity index (χ1v) is 8.73. The van der Waals surface area contributed by atoms with Crippen LogP contribution < -0.4 is 5.32 Å². The zero-order chi connectivity index (χ0) is 18.7. The summed E-state index contributed by atoms with van der Waals surface area (Å²) in [7, 11) is 0. The molecular weight excluding hydrogens is 338 g/mol. The lowest BCUT2D eigenvalue weighted by Crippen LogP contribution is -2.48. The van der Waals surface area contributed by atoms with Gasteiger partial charge in [0.15, 0.2) is 0 Å². The van der Waals surface area contributed by atoms with Crippen LogP contribution in [0.4, 0.5) is 0 Å². The van der Waals surface area contributed by atoms with Gasteiger partial charge in [0, 0.05) is 30.3 Å². The Hall–Kier alpha value is -2.55. The van der Waals surface area contributed by atoms with Crippen molar-refractivity contribution >= 4 is 17.7 Å². The zero-order valence-corrected chi connectivity index (χ0v) is 14.9. The molecule has 1 fully saturated rings. The fourth-order valence-corrected chi connectivity index (χ4v) is 3.41. The van der Waals surface area contributed by atoms with Gasteiger partial charge in [-0.25, -0.2) is 14.3 Å². The van der Waals surface area contributed by atoms with Crippen LogP contribution in [0.25, 0.3) is 5.78 Å². The van der Waals surface area contributed by atoms with E-state index in [9.17, 15) is 14.7 Å². The van der Waals surface area contributed by atoms with Gasteiger partial charge in [0.25, 0.3) is 5.78 Å². The van der Waals surface area contributed by atoms with Crippen LogP contribution in [0.2, 0.25) is 0 Å². The highest BCUT2D eigenvalue weighted by Crippen LogP contribution is 2.19. The van der Waals surface area contributed by atoms with Gasteiger partial charge in [0.1, 0.15) is 12.4 Å². The molecule has 0 aliphatic carbocycles. The van der Waals surface area contributed by atoms with Crippen molar-refractivity contribution in [3.05, 3.63) is 23.3 Å². The van der Waals surface area contributed by atoms with Gasteiger partial charge in [-0.15, -0.1) is 0 Å². The highest BCUT2D eigenvalue weighted by molar-refractivity contribution is 5.83. The summed E-state index contributed by atoms with van der Waals surface area (Å²) < 4.78 is 6.99. The third-order valence-corrected chi connectivity index (χ3v) is 4.84. The van der Waals surface area contributed by atoms with Crippen LogP contribution in [-0.4, -0.2) is 55.8 Å². The number of aliphatic carboxylic acids is 1. The van der Waals surface area contributed by atoms with E-state index in [-0.39, 0.29) is 18.2 Å². The minimum Gasteiger partial charge on any atom is -0.480 e. The van der Waals surface area contributed by atoms with Crippen LogP contribution in [0.1, 0.15) is 36.2 Å². The molecule has 1 aliphatic rings. The summed E-state index contributed by atoms with van der Waals surface area (Å²) in [5, 5.41) is 16.2. The van der Waals surface area contributed by atoms with Crippen molar-refractivity contribution in [3.8, 4) is 0 Å². The monoisotopic (exact) mass is 361 g/mol. The van der Waals surface area contributed by atoms with Gasteiger partial charge in [-0.2, -0.15) is 10.1 Å². The molecule has 9 heteroatoms. The van der Waals surface area contributed by atoms with Crippen LogP contribution in [0.15, 0.2) is 6.33 Å². The van der Waals surface area contributed by atoms with Crippen molar-refractivity contribution in [2.75, 3.05) is 13.2 Å². The maximum Gasteiger partial charge on any atom is 0.326 e. The molecule has 1 amide bonds. The van der Waals surface area contributed by atoms with Crippen LogP contribution in [0.5, 0.6) is 0 Å². The van der Waals surface area contributed by atoms with E-state index in [4.69, 9.17) is 4.74 Å². The van der Waals surface area contributed by atoms with Crippen molar-refractivity contribution in [2.24, 2.45) is 5.92 Å². The van der Waals surface area contributed by atoms with Gasteiger partial charge in [-0.3, -0.25) is 4.79 Å². The summed E-state index contributed by atoms with van der Waals surface area (Å²) in [4.78, 5) is 32.3. The molecule has 0 bridgehead atoms. The number of carboxylic acids is 1. The normalized spacial score (nSPS) is 18.6. The Morgan fingerprint density at radius 1 is 1.46 bits per heavy atom. The standard InChI is InChI=1S/C17H23N5O4/c1-10-13(11(2)22-17(20-10)18-9-19-22)5-6-14(23)21-15(16(24)25)12-4-3-7-26-8-12/h9,12,15H,3-8H2,1-2H3,(H,21,23)(H,24,25). The Morgan fingerprint density at radius 3 is 2.96 bits per heavy atom. The molecule has 0 saturated carbocycles. The molecule has 1 aliphatic heterocycles. The van der Waals surface area contributed by atoms with Crippen LogP contribution in [-0.2, 0) is 20.7 Å². The molecule has 3 heterocycles. The maximum absolute atomic E-state index is 12.3. The molecule has 1 saturated heterocycles. The first-order valence-electron chi connectivity index (χ1n) is 8.73. The summed E-state index contributed by atoms with van der Waals surface area (Å²) in [6, 6.07) is -0.916. The number of carboxylic acid groups (broad SMARTS) is 1. The molecule has 26 heavy (non-hydrogen) atoms. The van der Waals surface area contributed by atoms with E-state index in [2.05, 4.69) is 20.4 Å². The Morgan fingerprint density at radius 2 is 2.27 bits per heavy atom. The summed E-state index contributed by atoms with van der Waals surface area (Å²) in [6.45, 7) is 4.78. The van der Waals surface area contributed by atoms with E-state index in [0.29, 0.717) is 25.4 Å². The predicted octanol–water partition coefficient (Wildman–Crippen LogP) is 0.670. The average Bonchev–Trinajstić information content (AvgIpc) is 3.08. The smallest absolute Gasteiger partial charge is 0.326 e. The maximum atomic E-state index is 12.3. The van der Waals surface area contributed by atoms with Crippen molar-refractivity contribution < 1.29 is 19.4 Å². The third-order valence-electron chi connectivity index (χ3n) is 4.84. The number of amides is 1. The second kappa shape index (κ2) is 7.77. The van der Waals surface area contributed by atoms with Crippen molar-refractivity contribution in [1.29, 1.82) is 0 Å². The summed E-state index contributed by atoms with van der Waals surface area (Å²) in [5.74, 6) is -0.981. The number of aromatic nitrogens is 4. The topological polar surface area (TPSA) is 119 Å². The fourth-order valence-electron chi connectivity index (χ4n) is 3.41. The van der Waals surface area contributed by atoms with Gasteiger partial charge in [0.2, 0.25) is 5.91 Å². The predicted molar refractivity (Wildman–Crippen MR) is 91.7 cm³/mol. The van der Waals surface area contributed by atoms with E-state index < -0.39 is 12.0 Å². The van der Waals surface area contributed by atoms with Gasteiger partial charge < -0.3 is 15.2 Å². The number of rotatable bonds is 6. The molecule has 0 aromatic carbocycles. The Labute approximate surface area is 150 Å². The number of nitrogens with zero attached hydrogens (tertiary/aromatic N) is 4. The molecule has 2 atom stereocenters. The lowest BCUT2D eigenvalue weighted by atomic mass is 9.93. The van der Waals surface area contributed by atoms with Gasteiger partial charge in [-0.1, -0.05) is 0 Å². The molecule has 0 radical (unpaired) electrons. The summed E-state index contributed by atoms with van der Waals surface area (Å²) in [6.07, 6.45) is 3.63. The number of ether oxygens (including phenoxy) is 1. The first kappa shape index (κ1) is 18.2. The lowest BCUT2D eigenvalue weighted by molar-refractivity contribution is -0.145.